The first-order chi connectivity index (χ1) is 11.2. The molecule has 126 valence electrons. The minimum absolute atomic E-state index is 0.164. The molecule has 1 heterocycles. The Morgan fingerprint density at radius 1 is 1.00 bits per heavy atom. The molecule has 1 aromatic carbocycles. The summed E-state index contributed by atoms with van der Waals surface area (Å²) in [5.41, 5.74) is 1.79. The van der Waals surface area contributed by atoms with Crippen LogP contribution in [0.15, 0.2) is 6.07 Å². The zero-order valence-corrected chi connectivity index (χ0v) is 14.8. The minimum Gasteiger partial charge on any atom is -0.493 e. The first-order valence-corrected chi connectivity index (χ1v) is 9.23. The van der Waals surface area contributed by atoms with E-state index in [1.54, 1.807) is 33.1 Å². The number of thioether (sulfide) groups is 1. The third kappa shape index (κ3) is 2.91. The normalized spacial score (nSPS) is 24.0. The molecule has 0 saturated heterocycles. The molecule has 3 rings (SSSR count). The molecule has 2 atom stereocenters. The Kier molecular flexibility index (Phi) is 5.05. The molecular weight excluding hydrogens is 312 g/mol. The largest absolute Gasteiger partial charge is 0.493 e. The molecule has 23 heavy (non-hydrogen) atoms. The van der Waals surface area contributed by atoms with Gasteiger partial charge in [-0.25, -0.2) is 0 Å². The zero-order valence-electron chi connectivity index (χ0n) is 14.0. The van der Waals surface area contributed by atoms with Gasteiger partial charge in [0.15, 0.2) is 17.3 Å². The summed E-state index contributed by atoms with van der Waals surface area (Å²) < 4.78 is 16.7. The molecule has 0 aromatic heterocycles. The van der Waals surface area contributed by atoms with Crippen molar-refractivity contribution in [2.24, 2.45) is 0 Å². The predicted molar refractivity (Wildman–Crippen MR) is 92.5 cm³/mol. The SMILES string of the molecule is COc1cc2c(c(OC)c1OC)[C@H]1CCCCC[C@@H]1SCC2=O. The number of carbonyl (C=O) groups is 1. The van der Waals surface area contributed by atoms with Crippen LogP contribution in [0.1, 0.15) is 53.9 Å². The van der Waals surface area contributed by atoms with Gasteiger partial charge in [0.05, 0.1) is 27.1 Å². The lowest BCUT2D eigenvalue weighted by molar-refractivity contribution is 0.102. The number of methoxy groups -OCH3 is 3. The average Bonchev–Trinajstić information content (AvgIpc) is 2.88. The van der Waals surface area contributed by atoms with Crippen molar-refractivity contribution in [1.29, 1.82) is 0 Å². The van der Waals surface area contributed by atoms with Crippen LogP contribution in [0.5, 0.6) is 17.2 Å². The number of hydrogen-bond donors (Lipinski definition) is 0. The van der Waals surface area contributed by atoms with Crippen LogP contribution in [-0.4, -0.2) is 38.1 Å². The van der Waals surface area contributed by atoms with E-state index in [2.05, 4.69) is 0 Å². The topological polar surface area (TPSA) is 44.8 Å². The van der Waals surface area contributed by atoms with E-state index in [-0.39, 0.29) is 5.78 Å². The number of fused-ring (bicyclic) bond motifs is 3. The van der Waals surface area contributed by atoms with E-state index in [9.17, 15) is 4.79 Å². The fraction of sp³-hybridized carbons (Fsp3) is 0.611. The Hall–Kier alpha value is -1.36. The average molecular weight is 336 g/mol. The van der Waals surface area contributed by atoms with Crippen LogP contribution >= 0.6 is 11.8 Å². The number of carbonyl (C=O) groups excluding carboxylic acids is 1. The summed E-state index contributed by atoms with van der Waals surface area (Å²) in [4.78, 5) is 12.7. The second-order valence-corrected chi connectivity index (χ2v) is 7.35. The molecule has 0 spiro atoms. The van der Waals surface area contributed by atoms with Gasteiger partial charge < -0.3 is 14.2 Å². The van der Waals surface area contributed by atoms with Crippen molar-refractivity contribution in [1.82, 2.24) is 0 Å². The summed E-state index contributed by atoms with van der Waals surface area (Å²) in [6.45, 7) is 0. The smallest absolute Gasteiger partial charge is 0.203 e. The van der Waals surface area contributed by atoms with Gasteiger partial charge in [-0.15, -0.1) is 11.8 Å². The Morgan fingerprint density at radius 3 is 2.43 bits per heavy atom. The molecule has 0 amide bonds. The molecule has 0 N–H and O–H groups in total. The Bertz CT molecular complexity index is 599. The van der Waals surface area contributed by atoms with E-state index in [1.807, 2.05) is 6.07 Å². The van der Waals surface area contributed by atoms with Gasteiger partial charge in [-0.2, -0.15) is 0 Å². The van der Waals surface area contributed by atoms with Gasteiger partial charge in [-0.05, 0) is 18.9 Å². The quantitative estimate of drug-likeness (QED) is 0.833. The molecule has 1 saturated carbocycles. The lowest BCUT2D eigenvalue weighted by Gasteiger charge is -2.26. The summed E-state index contributed by atoms with van der Waals surface area (Å²) in [7, 11) is 4.85. The zero-order chi connectivity index (χ0) is 16.4. The number of hydrogen-bond acceptors (Lipinski definition) is 5. The molecule has 2 aliphatic rings. The highest BCUT2D eigenvalue weighted by Crippen LogP contribution is 2.51. The number of rotatable bonds is 3. The van der Waals surface area contributed by atoms with Crippen LogP contribution in [0.3, 0.4) is 0 Å². The molecule has 4 nitrogen and oxygen atoms in total. The van der Waals surface area contributed by atoms with Crippen molar-refractivity contribution >= 4 is 17.5 Å². The lowest BCUT2D eigenvalue weighted by atomic mass is 9.85. The van der Waals surface area contributed by atoms with Gasteiger partial charge in [0.2, 0.25) is 5.75 Å². The monoisotopic (exact) mass is 336 g/mol. The van der Waals surface area contributed by atoms with Crippen molar-refractivity contribution in [2.75, 3.05) is 27.1 Å². The standard InChI is InChI=1S/C18H24O4S/c1-20-14-9-12-13(19)10-23-15-8-6-4-5-7-11(15)16(12)18(22-3)17(14)21-2/h9,11,15H,4-8,10H2,1-3H3/t11-,15-/m0/s1. The Morgan fingerprint density at radius 2 is 1.74 bits per heavy atom. The fourth-order valence-corrected chi connectivity index (χ4v) is 5.20. The number of ether oxygens (including phenoxy) is 3. The molecule has 1 aromatic rings. The highest BCUT2D eigenvalue weighted by Gasteiger charge is 2.37. The van der Waals surface area contributed by atoms with Crippen LogP contribution in [0.2, 0.25) is 0 Å². The maximum atomic E-state index is 12.7. The fourth-order valence-electron chi connectivity index (χ4n) is 3.84. The molecule has 0 unspecified atom stereocenters. The van der Waals surface area contributed by atoms with Crippen LogP contribution in [0.25, 0.3) is 0 Å². The van der Waals surface area contributed by atoms with Gasteiger partial charge in [-0.3, -0.25) is 4.79 Å². The third-order valence-electron chi connectivity index (χ3n) is 4.92. The summed E-state index contributed by atoms with van der Waals surface area (Å²) in [5.74, 6) is 2.88. The Balaban J connectivity index is 2.23. The lowest BCUT2D eigenvalue weighted by Crippen LogP contribution is -2.15. The van der Waals surface area contributed by atoms with E-state index < -0.39 is 0 Å². The molecule has 1 aliphatic heterocycles. The number of ketones is 1. The van der Waals surface area contributed by atoms with Gasteiger partial charge in [0.25, 0.3) is 0 Å². The van der Waals surface area contributed by atoms with Crippen molar-refractivity contribution < 1.29 is 19.0 Å². The van der Waals surface area contributed by atoms with E-state index in [1.165, 1.54) is 25.7 Å². The van der Waals surface area contributed by atoms with E-state index in [0.717, 1.165) is 17.5 Å². The van der Waals surface area contributed by atoms with Crippen LogP contribution in [-0.2, 0) is 0 Å². The maximum absolute atomic E-state index is 12.7. The minimum atomic E-state index is 0.164. The second-order valence-electron chi connectivity index (χ2n) is 6.12. The summed E-state index contributed by atoms with van der Waals surface area (Å²) >= 11 is 1.81. The highest BCUT2D eigenvalue weighted by molar-refractivity contribution is 8.00. The van der Waals surface area contributed by atoms with Crippen molar-refractivity contribution in [3.8, 4) is 17.2 Å². The van der Waals surface area contributed by atoms with E-state index >= 15 is 0 Å². The maximum Gasteiger partial charge on any atom is 0.203 e. The summed E-state index contributed by atoms with van der Waals surface area (Å²) in [6, 6.07) is 1.84. The van der Waals surface area contributed by atoms with Gasteiger partial charge in [0, 0.05) is 22.3 Å². The molecule has 0 radical (unpaired) electrons. The first-order valence-electron chi connectivity index (χ1n) is 8.19. The molecule has 1 fully saturated rings. The molecule has 5 heteroatoms. The summed E-state index contributed by atoms with van der Waals surface area (Å²) in [6.07, 6.45) is 5.98. The van der Waals surface area contributed by atoms with Crippen molar-refractivity contribution in [3.05, 3.63) is 17.2 Å². The van der Waals surface area contributed by atoms with Gasteiger partial charge >= 0.3 is 0 Å². The second kappa shape index (κ2) is 7.04. The van der Waals surface area contributed by atoms with Crippen LogP contribution < -0.4 is 14.2 Å². The van der Waals surface area contributed by atoms with Crippen LogP contribution in [0.4, 0.5) is 0 Å². The Labute approximate surface area is 141 Å². The van der Waals surface area contributed by atoms with Gasteiger partial charge in [0.1, 0.15) is 0 Å². The third-order valence-corrected chi connectivity index (χ3v) is 6.34. The summed E-state index contributed by atoms with van der Waals surface area (Å²) in [5, 5.41) is 0.481. The van der Waals surface area contributed by atoms with E-state index in [0.29, 0.717) is 34.2 Å². The van der Waals surface area contributed by atoms with Crippen LogP contribution in [0, 0.1) is 0 Å². The van der Waals surface area contributed by atoms with Crippen molar-refractivity contribution in [3.63, 3.8) is 0 Å². The van der Waals surface area contributed by atoms with E-state index in [4.69, 9.17) is 14.2 Å². The number of Topliss-reactive ketones (excluding diaryl/α,β-unsaturated/α-hetero) is 1. The predicted octanol–water partition coefficient (Wildman–Crippen LogP) is 4.06. The van der Waals surface area contributed by atoms with Crippen molar-refractivity contribution in [2.45, 2.75) is 43.3 Å². The molecular formula is C18H24O4S. The molecule has 0 bridgehead atoms. The highest BCUT2D eigenvalue weighted by atomic mass is 32.2. The first kappa shape index (κ1) is 16.5. The molecule has 1 aliphatic carbocycles. The number of benzene rings is 1. The van der Waals surface area contributed by atoms with Gasteiger partial charge in [-0.1, -0.05) is 19.3 Å².